The highest BCUT2D eigenvalue weighted by atomic mass is 16.5. The topological polar surface area (TPSA) is 74.6 Å². The molecule has 148 valence electrons. The number of carbonyl (C=O) groups excluding carboxylic acids is 1. The van der Waals surface area contributed by atoms with Crippen LogP contribution in [0.25, 0.3) is 0 Å². The number of nitrogens with zero attached hydrogens (tertiary/aromatic N) is 2. The van der Waals surface area contributed by atoms with Crippen molar-refractivity contribution in [2.24, 2.45) is 0 Å². The molecule has 6 heteroatoms. The van der Waals surface area contributed by atoms with Gasteiger partial charge in [-0.2, -0.15) is 5.26 Å². The number of carbonyl (C=O) groups is 1. The maximum absolute atomic E-state index is 12.5. The summed E-state index contributed by atoms with van der Waals surface area (Å²) < 4.78 is 10.5. The van der Waals surface area contributed by atoms with Gasteiger partial charge in [-0.1, -0.05) is 18.2 Å². The van der Waals surface area contributed by atoms with Crippen molar-refractivity contribution in [2.45, 2.75) is 25.9 Å². The lowest BCUT2D eigenvalue weighted by molar-refractivity contribution is -0.125. The third kappa shape index (κ3) is 5.73. The normalized spacial score (nSPS) is 11.6. The van der Waals surface area contributed by atoms with Gasteiger partial charge in [0.15, 0.2) is 11.5 Å². The SMILES string of the molecule is COc1ccc(CCNC(=O)C(C)N(C)Cc2cccc(C#N)c2)cc1OC. The lowest BCUT2D eigenvalue weighted by Crippen LogP contribution is -2.43. The fourth-order valence-corrected chi connectivity index (χ4v) is 2.88. The van der Waals surface area contributed by atoms with Crippen LogP contribution in [0.2, 0.25) is 0 Å². The molecule has 0 radical (unpaired) electrons. The molecule has 0 aliphatic heterocycles. The van der Waals surface area contributed by atoms with Crippen LogP contribution in [0.4, 0.5) is 0 Å². The van der Waals surface area contributed by atoms with Gasteiger partial charge in [-0.3, -0.25) is 9.69 Å². The summed E-state index contributed by atoms with van der Waals surface area (Å²) >= 11 is 0. The standard InChI is InChI=1S/C22H27N3O3/c1-16(25(2)15-19-7-5-6-18(12-19)14-23)22(26)24-11-10-17-8-9-20(27-3)21(13-17)28-4/h5-9,12-13,16H,10-11,15H2,1-4H3,(H,24,26). The lowest BCUT2D eigenvalue weighted by Gasteiger charge is -2.24. The van der Waals surface area contributed by atoms with Crippen LogP contribution < -0.4 is 14.8 Å². The van der Waals surface area contributed by atoms with Crippen LogP contribution in [0.5, 0.6) is 11.5 Å². The number of amides is 1. The number of nitriles is 1. The number of rotatable bonds is 9. The summed E-state index contributed by atoms with van der Waals surface area (Å²) in [6.07, 6.45) is 0.701. The summed E-state index contributed by atoms with van der Waals surface area (Å²) in [4.78, 5) is 14.4. The Labute approximate surface area is 166 Å². The smallest absolute Gasteiger partial charge is 0.237 e. The molecular formula is C22H27N3O3. The highest BCUT2D eigenvalue weighted by Gasteiger charge is 2.18. The molecule has 1 amide bonds. The first kappa shape index (κ1) is 21.3. The van der Waals surface area contributed by atoms with Gasteiger partial charge in [-0.15, -0.1) is 0 Å². The molecule has 0 spiro atoms. The van der Waals surface area contributed by atoms with Crippen molar-refractivity contribution in [1.29, 1.82) is 5.26 Å². The largest absolute Gasteiger partial charge is 0.493 e. The molecule has 0 aromatic heterocycles. The van der Waals surface area contributed by atoms with Crippen molar-refractivity contribution in [3.8, 4) is 17.6 Å². The first-order valence-corrected chi connectivity index (χ1v) is 9.16. The van der Waals surface area contributed by atoms with E-state index in [2.05, 4.69) is 11.4 Å². The van der Waals surface area contributed by atoms with Crippen molar-refractivity contribution < 1.29 is 14.3 Å². The summed E-state index contributed by atoms with van der Waals surface area (Å²) in [7, 11) is 5.11. The van der Waals surface area contributed by atoms with Crippen molar-refractivity contribution in [2.75, 3.05) is 27.8 Å². The van der Waals surface area contributed by atoms with E-state index in [4.69, 9.17) is 14.7 Å². The molecule has 0 heterocycles. The molecule has 0 aliphatic rings. The third-order valence-corrected chi connectivity index (χ3v) is 4.69. The number of nitrogens with one attached hydrogen (secondary N) is 1. The second-order valence-electron chi connectivity index (χ2n) is 6.63. The molecule has 0 saturated heterocycles. The van der Waals surface area contributed by atoms with Crippen LogP contribution in [-0.4, -0.2) is 44.7 Å². The minimum absolute atomic E-state index is 0.0283. The Morgan fingerprint density at radius 2 is 1.89 bits per heavy atom. The highest BCUT2D eigenvalue weighted by Crippen LogP contribution is 2.27. The minimum Gasteiger partial charge on any atom is -0.493 e. The van der Waals surface area contributed by atoms with Crippen molar-refractivity contribution in [1.82, 2.24) is 10.2 Å². The molecule has 6 nitrogen and oxygen atoms in total. The maximum atomic E-state index is 12.5. The lowest BCUT2D eigenvalue weighted by atomic mass is 10.1. The summed E-state index contributed by atoms with van der Waals surface area (Å²) in [6, 6.07) is 15.0. The van der Waals surface area contributed by atoms with Crippen LogP contribution in [0, 0.1) is 11.3 Å². The van der Waals surface area contributed by atoms with Crippen molar-refractivity contribution in [3.05, 3.63) is 59.2 Å². The number of hydrogen-bond donors (Lipinski definition) is 1. The van der Waals surface area contributed by atoms with E-state index in [-0.39, 0.29) is 11.9 Å². The Morgan fingerprint density at radius 3 is 2.57 bits per heavy atom. The third-order valence-electron chi connectivity index (χ3n) is 4.69. The van der Waals surface area contributed by atoms with Gasteiger partial charge in [0.2, 0.25) is 5.91 Å². The number of ether oxygens (including phenoxy) is 2. The highest BCUT2D eigenvalue weighted by molar-refractivity contribution is 5.81. The summed E-state index contributed by atoms with van der Waals surface area (Å²) in [5, 5.41) is 12.0. The van der Waals surface area contributed by atoms with Crippen LogP contribution in [0.3, 0.4) is 0 Å². The second kappa shape index (κ2) is 10.3. The molecule has 0 aliphatic carbocycles. The Balaban J connectivity index is 1.85. The molecule has 28 heavy (non-hydrogen) atoms. The molecule has 2 aromatic carbocycles. The van der Waals surface area contributed by atoms with Crippen LogP contribution >= 0.6 is 0 Å². The van der Waals surface area contributed by atoms with Crippen molar-refractivity contribution in [3.63, 3.8) is 0 Å². The van der Waals surface area contributed by atoms with Gasteiger partial charge >= 0.3 is 0 Å². The minimum atomic E-state index is -0.281. The predicted octanol–water partition coefficient (Wildman–Crippen LogP) is 2.75. The summed E-state index contributed by atoms with van der Waals surface area (Å²) in [5.74, 6) is 1.34. The van der Waals surface area contributed by atoms with E-state index >= 15 is 0 Å². The van der Waals surface area contributed by atoms with Crippen LogP contribution in [-0.2, 0) is 17.8 Å². The number of methoxy groups -OCH3 is 2. The second-order valence-corrected chi connectivity index (χ2v) is 6.63. The van der Waals surface area contributed by atoms with Gasteiger partial charge in [-0.25, -0.2) is 0 Å². The molecular weight excluding hydrogens is 354 g/mol. The first-order valence-electron chi connectivity index (χ1n) is 9.16. The van der Waals surface area contributed by atoms with Gasteiger partial charge in [-0.05, 0) is 55.8 Å². The zero-order chi connectivity index (χ0) is 20.5. The monoisotopic (exact) mass is 381 g/mol. The zero-order valence-corrected chi connectivity index (χ0v) is 16.9. The summed E-state index contributed by atoms with van der Waals surface area (Å²) in [5.41, 5.74) is 2.69. The van der Waals surface area contributed by atoms with Crippen LogP contribution in [0.1, 0.15) is 23.6 Å². The molecule has 1 N–H and O–H groups in total. The Bertz CT molecular complexity index is 845. The Morgan fingerprint density at radius 1 is 1.14 bits per heavy atom. The van der Waals surface area contributed by atoms with Crippen LogP contribution in [0.15, 0.2) is 42.5 Å². The van der Waals surface area contributed by atoms with E-state index in [1.165, 1.54) is 0 Å². The number of hydrogen-bond acceptors (Lipinski definition) is 5. The van der Waals surface area contributed by atoms with E-state index in [1.54, 1.807) is 20.3 Å². The number of benzene rings is 2. The van der Waals surface area contributed by atoms with Gasteiger partial charge < -0.3 is 14.8 Å². The number of likely N-dealkylation sites (N-methyl/N-ethyl adjacent to an activating group) is 1. The van der Waals surface area contributed by atoms with E-state index in [9.17, 15) is 4.79 Å². The van der Waals surface area contributed by atoms with Gasteiger partial charge in [0.25, 0.3) is 0 Å². The first-order chi connectivity index (χ1) is 13.5. The van der Waals surface area contributed by atoms with Gasteiger partial charge in [0, 0.05) is 13.1 Å². The zero-order valence-electron chi connectivity index (χ0n) is 16.9. The average molecular weight is 381 g/mol. The fraction of sp³-hybridized carbons (Fsp3) is 0.364. The Hall–Kier alpha value is -3.04. The summed E-state index contributed by atoms with van der Waals surface area (Å²) in [6.45, 7) is 3.01. The molecule has 1 atom stereocenters. The molecule has 2 rings (SSSR count). The molecule has 1 unspecified atom stereocenters. The molecule has 2 aromatic rings. The fourth-order valence-electron chi connectivity index (χ4n) is 2.88. The van der Waals surface area contributed by atoms with Gasteiger partial charge in [0.1, 0.15) is 0 Å². The maximum Gasteiger partial charge on any atom is 0.237 e. The van der Waals surface area contributed by atoms with E-state index in [0.717, 1.165) is 11.1 Å². The van der Waals surface area contributed by atoms with E-state index in [1.807, 2.05) is 55.3 Å². The van der Waals surface area contributed by atoms with Gasteiger partial charge in [0.05, 0.1) is 31.9 Å². The molecule has 0 bridgehead atoms. The molecule has 0 fully saturated rings. The van der Waals surface area contributed by atoms with E-state index in [0.29, 0.717) is 36.6 Å². The Kier molecular flexibility index (Phi) is 7.85. The average Bonchev–Trinajstić information content (AvgIpc) is 2.72. The predicted molar refractivity (Wildman–Crippen MR) is 108 cm³/mol. The van der Waals surface area contributed by atoms with Crippen molar-refractivity contribution >= 4 is 5.91 Å². The quantitative estimate of drug-likeness (QED) is 0.723. The molecule has 0 saturated carbocycles. The van der Waals surface area contributed by atoms with E-state index < -0.39 is 0 Å².